The standard InChI is InChI=1S/C19H19NO4/c1-23-16-7-8-17-14(11-19(22)24-18(17)12-16)13-20(9-10-21)15-5-3-2-4-6-15/h2-8,11-12,21H,9-10,13H2,1H3. The lowest BCUT2D eigenvalue weighted by Crippen LogP contribution is -2.26. The number of para-hydroxylation sites is 1. The van der Waals surface area contributed by atoms with Crippen molar-refractivity contribution in [1.82, 2.24) is 0 Å². The zero-order valence-electron chi connectivity index (χ0n) is 13.4. The molecular weight excluding hydrogens is 306 g/mol. The molecule has 2 aromatic carbocycles. The number of ether oxygens (including phenoxy) is 1. The Bertz CT molecular complexity index is 873. The molecule has 1 heterocycles. The van der Waals surface area contributed by atoms with Crippen molar-refractivity contribution in [3.05, 3.63) is 70.6 Å². The zero-order chi connectivity index (χ0) is 16.9. The maximum atomic E-state index is 11.9. The van der Waals surface area contributed by atoms with Gasteiger partial charge in [-0.1, -0.05) is 18.2 Å². The summed E-state index contributed by atoms with van der Waals surface area (Å²) in [5.41, 5.74) is 1.93. The zero-order valence-corrected chi connectivity index (χ0v) is 13.4. The molecule has 0 aliphatic heterocycles. The van der Waals surface area contributed by atoms with E-state index in [1.165, 1.54) is 6.07 Å². The normalized spacial score (nSPS) is 10.8. The summed E-state index contributed by atoms with van der Waals surface area (Å²) in [6.07, 6.45) is 0. The van der Waals surface area contributed by atoms with Gasteiger partial charge in [-0.2, -0.15) is 0 Å². The van der Waals surface area contributed by atoms with Gasteiger partial charge in [-0.15, -0.1) is 0 Å². The molecular formula is C19H19NO4. The van der Waals surface area contributed by atoms with Gasteiger partial charge >= 0.3 is 5.63 Å². The molecule has 5 nitrogen and oxygen atoms in total. The van der Waals surface area contributed by atoms with Gasteiger partial charge in [0.05, 0.1) is 13.7 Å². The van der Waals surface area contributed by atoms with Gasteiger partial charge in [-0.3, -0.25) is 0 Å². The average molecular weight is 325 g/mol. The highest BCUT2D eigenvalue weighted by Gasteiger charge is 2.12. The third-order valence-corrected chi connectivity index (χ3v) is 3.89. The molecule has 5 heteroatoms. The fourth-order valence-electron chi connectivity index (χ4n) is 2.73. The number of nitrogens with zero attached hydrogens (tertiary/aromatic N) is 1. The predicted octanol–water partition coefficient (Wildman–Crippen LogP) is 2.80. The molecule has 3 aromatic rings. The Morgan fingerprint density at radius 3 is 2.62 bits per heavy atom. The molecule has 24 heavy (non-hydrogen) atoms. The third-order valence-electron chi connectivity index (χ3n) is 3.89. The van der Waals surface area contributed by atoms with E-state index in [2.05, 4.69) is 0 Å². The van der Waals surface area contributed by atoms with Gasteiger partial charge in [0.1, 0.15) is 11.3 Å². The predicted molar refractivity (Wildman–Crippen MR) is 93.6 cm³/mol. The summed E-state index contributed by atoms with van der Waals surface area (Å²) in [5, 5.41) is 10.2. The number of methoxy groups -OCH3 is 1. The first-order valence-electron chi connectivity index (χ1n) is 7.73. The quantitative estimate of drug-likeness (QED) is 0.706. The molecule has 1 N–H and O–H groups in total. The number of aliphatic hydroxyl groups is 1. The molecule has 0 atom stereocenters. The fourth-order valence-corrected chi connectivity index (χ4v) is 2.73. The van der Waals surface area contributed by atoms with Gasteiger partial charge in [0.15, 0.2) is 0 Å². The molecule has 0 fully saturated rings. The smallest absolute Gasteiger partial charge is 0.336 e. The lowest BCUT2D eigenvalue weighted by Gasteiger charge is -2.24. The van der Waals surface area contributed by atoms with E-state index in [1.807, 2.05) is 47.4 Å². The van der Waals surface area contributed by atoms with Crippen LogP contribution in [-0.2, 0) is 6.54 Å². The van der Waals surface area contributed by atoms with Crippen molar-refractivity contribution < 1.29 is 14.3 Å². The lowest BCUT2D eigenvalue weighted by molar-refractivity contribution is 0.301. The SMILES string of the molecule is COc1ccc2c(CN(CCO)c3ccccc3)cc(=O)oc2c1. The Labute approximate surface area is 139 Å². The molecule has 0 amide bonds. The maximum absolute atomic E-state index is 11.9. The highest BCUT2D eigenvalue weighted by molar-refractivity contribution is 5.81. The van der Waals surface area contributed by atoms with Gasteiger partial charge in [0.25, 0.3) is 0 Å². The second kappa shape index (κ2) is 7.19. The minimum absolute atomic E-state index is 0.0299. The van der Waals surface area contributed by atoms with Gasteiger partial charge in [0, 0.05) is 36.3 Å². The minimum atomic E-state index is -0.400. The van der Waals surface area contributed by atoms with Gasteiger partial charge in [0.2, 0.25) is 0 Å². The fraction of sp³-hybridized carbons (Fsp3) is 0.211. The number of hydrogen-bond acceptors (Lipinski definition) is 5. The number of anilines is 1. The van der Waals surface area contributed by atoms with Crippen molar-refractivity contribution in [3.8, 4) is 5.75 Å². The van der Waals surface area contributed by atoms with Crippen LogP contribution in [0.5, 0.6) is 5.75 Å². The second-order valence-corrected chi connectivity index (χ2v) is 5.43. The topological polar surface area (TPSA) is 62.9 Å². The molecule has 0 aliphatic rings. The van der Waals surface area contributed by atoms with E-state index in [0.29, 0.717) is 24.4 Å². The van der Waals surface area contributed by atoms with E-state index in [4.69, 9.17) is 9.15 Å². The molecule has 0 saturated carbocycles. The first kappa shape index (κ1) is 16.1. The van der Waals surface area contributed by atoms with Crippen LogP contribution in [0.2, 0.25) is 0 Å². The lowest BCUT2D eigenvalue weighted by atomic mass is 10.1. The van der Waals surface area contributed by atoms with E-state index in [1.54, 1.807) is 13.2 Å². The van der Waals surface area contributed by atoms with Crippen molar-refractivity contribution in [2.75, 3.05) is 25.2 Å². The van der Waals surface area contributed by atoms with E-state index >= 15 is 0 Å². The van der Waals surface area contributed by atoms with Crippen molar-refractivity contribution in [1.29, 1.82) is 0 Å². The third kappa shape index (κ3) is 3.41. The number of rotatable bonds is 6. The molecule has 0 spiro atoms. The summed E-state index contributed by atoms with van der Waals surface area (Å²) in [4.78, 5) is 13.9. The van der Waals surface area contributed by atoms with Crippen LogP contribution in [0, 0.1) is 0 Å². The van der Waals surface area contributed by atoms with Crippen LogP contribution < -0.4 is 15.3 Å². The summed E-state index contributed by atoms with van der Waals surface area (Å²) < 4.78 is 10.5. The van der Waals surface area contributed by atoms with Crippen LogP contribution >= 0.6 is 0 Å². The number of aliphatic hydroxyl groups excluding tert-OH is 1. The van der Waals surface area contributed by atoms with Gasteiger partial charge in [-0.05, 0) is 29.8 Å². The van der Waals surface area contributed by atoms with E-state index in [9.17, 15) is 9.90 Å². The van der Waals surface area contributed by atoms with Crippen LogP contribution in [0.15, 0.2) is 63.8 Å². The van der Waals surface area contributed by atoms with Crippen molar-refractivity contribution in [3.63, 3.8) is 0 Å². The first-order valence-corrected chi connectivity index (χ1v) is 7.73. The van der Waals surface area contributed by atoms with Gasteiger partial charge < -0.3 is 19.2 Å². The Morgan fingerprint density at radius 2 is 1.92 bits per heavy atom. The number of benzene rings is 2. The van der Waals surface area contributed by atoms with E-state index in [-0.39, 0.29) is 6.61 Å². The van der Waals surface area contributed by atoms with Crippen LogP contribution in [0.3, 0.4) is 0 Å². The maximum Gasteiger partial charge on any atom is 0.336 e. The Kier molecular flexibility index (Phi) is 4.82. The Morgan fingerprint density at radius 1 is 1.12 bits per heavy atom. The number of hydrogen-bond donors (Lipinski definition) is 1. The molecule has 0 radical (unpaired) electrons. The Balaban J connectivity index is 2.02. The number of fused-ring (bicyclic) bond motifs is 1. The molecule has 3 rings (SSSR count). The van der Waals surface area contributed by atoms with Crippen LogP contribution in [0.4, 0.5) is 5.69 Å². The Hall–Kier alpha value is -2.79. The summed E-state index contributed by atoms with van der Waals surface area (Å²) in [7, 11) is 1.57. The van der Waals surface area contributed by atoms with Crippen molar-refractivity contribution in [2.24, 2.45) is 0 Å². The van der Waals surface area contributed by atoms with E-state index in [0.717, 1.165) is 16.6 Å². The van der Waals surface area contributed by atoms with Crippen LogP contribution in [0.25, 0.3) is 11.0 Å². The van der Waals surface area contributed by atoms with Crippen molar-refractivity contribution >= 4 is 16.7 Å². The minimum Gasteiger partial charge on any atom is -0.497 e. The first-order chi connectivity index (χ1) is 11.7. The van der Waals surface area contributed by atoms with Gasteiger partial charge in [-0.25, -0.2) is 4.79 Å². The summed E-state index contributed by atoms with van der Waals surface area (Å²) in [5.74, 6) is 0.637. The molecule has 0 bridgehead atoms. The highest BCUT2D eigenvalue weighted by atomic mass is 16.5. The van der Waals surface area contributed by atoms with Crippen LogP contribution in [0.1, 0.15) is 5.56 Å². The molecule has 0 aliphatic carbocycles. The van der Waals surface area contributed by atoms with Crippen LogP contribution in [-0.4, -0.2) is 25.4 Å². The summed E-state index contributed by atoms with van der Waals surface area (Å²) >= 11 is 0. The van der Waals surface area contributed by atoms with E-state index < -0.39 is 5.63 Å². The molecule has 1 aromatic heterocycles. The largest absolute Gasteiger partial charge is 0.497 e. The summed E-state index contributed by atoms with van der Waals surface area (Å²) in [6.45, 7) is 1.00. The molecule has 124 valence electrons. The highest BCUT2D eigenvalue weighted by Crippen LogP contribution is 2.25. The molecule has 0 saturated heterocycles. The monoisotopic (exact) mass is 325 g/mol. The average Bonchev–Trinajstić information content (AvgIpc) is 2.61. The summed E-state index contributed by atoms with van der Waals surface area (Å²) in [6, 6.07) is 16.7. The molecule has 0 unspecified atom stereocenters. The second-order valence-electron chi connectivity index (χ2n) is 5.43. The van der Waals surface area contributed by atoms with Crippen molar-refractivity contribution in [2.45, 2.75) is 6.54 Å².